The van der Waals surface area contributed by atoms with Gasteiger partial charge in [0.15, 0.2) is 10.7 Å². The number of hydrogen-bond donors (Lipinski definition) is 2. The summed E-state index contributed by atoms with van der Waals surface area (Å²) in [5.41, 5.74) is 5.46. The third kappa shape index (κ3) is 7.55. The van der Waals surface area contributed by atoms with Crippen LogP contribution >= 0.6 is 11.3 Å². The van der Waals surface area contributed by atoms with E-state index in [-0.39, 0.29) is 22.6 Å². The molecule has 0 amide bonds. The van der Waals surface area contributed by atoms with E-state index in [4.69, 9.17) is 5.73 Å². The van der Waals surface area contributed by atoms with Crippen LogP contribution in [0.2, 0.25) is 0 Å². The first-order chi connectivity index (χ1) is 18.4. The fraction of sp³-hybridized carbons (Fsp3) is 0.240. The number of sulfone groups is 1. The summed E-state index contributed by atoms with van der Waals surface area (Å²) in [6.07, 6.45) is 3.78. The van der Waals surface area contributed by atoms with E-state index in [0.29, 0.717) is 15.6 Å². The van der Waals surface area contributed by atoms with Crippen molar-refractivity contribution < 1.29 is 30.0 Å². The van der Waals surface area contributed by atoms with Crippen LogP contribution in [0.25, 0.3) is 21.8 Å². The van der Waals surface area contributed by atoms with Crippen LogP contribution in [0.15, 0.2) is 53.6 Å². The van der Waals surface area contributed by atoms with E-state index in [1.807, 2.05) is 25.5 Å². The summed E-state index contributed by atoms with van der Waals surface area (Å²) >= 11 is 1.29. The molecule has 2 aromatic carbocycles. The number of benzene rings is 2. The molecular formula is C25H26F3N5O4S3. The van der Waals surface area contributed by atoms with Gasteiger partial charge >= 0.3 is 0 Å². The molecule has 0 unspecified atom stereocenters. The molecule has 0 aliphatic heterocycles. The van der Waals surface area contributed by atoms with Gasteiger partial charge < -0.3 is 5.73 Å². The summed E-state index contributed by atoms with van der Waals surface area (Å²) in [7, 11) is -7.44. The summed E-state index contributed by atoms with van der Waals surface area (Å²) in [5.74, 6) is -3.55. The van der Waals surface area contributed by atoms with Crippen LogP contribution in [-0.4, -0.2) is 44.3 Å². The van der Waals surface area contributed by atoms with Gasteiger partial charge in [-0.05, 0) is 30.3 Å². The van der Waals surface area contributed by atoms with E-state index < -0.39 is 47.9 Å². The molecule has 214 valence electrons. The molecule has 4 aromatic rings. The van der Waals surface area contributed by atoms with Crippen molar-refractivity contribution in [2.75, 3.05) is 23.0 Å². The van der Waals surface area contributed by atoms with Crippen molar-refractivity contribution in [3.8, 4) is 21.8 Å². The SMILES string of the molecule is CC(C)(C)c1nc(-c2cccc(NS(=O)(=O)c3c(F)cccc3F)c2F)c(-c2ccnc(N)n2)s1.CS(C)(=O)=O. The predicted molar refractivity (Wildman–Crippen MR) is 150 cm³/mol. The van der Waals surface area contributed by atoms with Crippen LogP contribution in [0.3, 0.4) is 0 Å². The topological polar surface area (TPSA) is 145 Å². The van der Waals surface area contributed by atoms with Crippen molar-refractivity contribution in [1.29, 1.82) is 0 Å². The normalized spacial score (nSPS) is 12.0. The van der Waals surface area contributed by atoms with Gasteiger partial charge in [0.05, 0.1) is 27.0 Å². The molecule has 0 atom stereocenters. The maximum Gasteiger partial charge on any atom is 0.267 e. The number of nitrogen functional groups attached to an aromatic ring is 1. The standard InChI is InChI=1S/C23H20F3N5O2S2.C2H6O2S/c1-23(2,3)21-30-18(19(34-21)16-10-11-28-22(27)29-16)12-6-4-9-15(17(12)26)31-35(32,33)20-13(24)7-5-8-14(20)25;1-5(2,3)4/h4-11,31H,1-3H3,(H2,27,28,29);1-2H3. The molecule has 0 spiro atoms. The van der Waals surface area contributed by atoms with Gasteiger partial charge in [0.2, 0.25) is 5.95 Å². The lowest BCUT2D eigenvalue weighted by atomic mass is 9.98. The molecule has 3 N–H and O–H groups in total. The largest absolute Gasteiger partial charge is 0.368 e. The molecule has 0 bridgehead atoms. The molecule has 4 rings (SSSR count). The summed E-state index contributed by atoms with van der Waals surface area (Å²) in [4.78, 5) is 12.0. The molecular weight excluding hydrogens is 588 g/mol. The van der Waals surface area contributed by atoms with Crippen molar-refractivity contribution in [2.45, 2.75) is 31.1 Å². The van der Waals surface area contributed by atoms with Gasteiger partial charge in [-0.1, -0.05) is 32.9 Å². The van der Waals surface area contributed by atoms with Gasteiger partial charge in [-0.2, -0.15) is 0 Å². The van der Waals surface area contributed by atoms with E-state index >= 15 is 4.39 Å². The maximum absolute atomic E-state index is 15.7. The van der Waals surface area contributed by atoms with Crippen LogP contribution < -0.4 is 10.5 Å². The first kappa shape index (κ1) is 31.0. The number of anilines is 2. The molecule has 2 aromatic heterocycles. The number of nitrogens with one attached hydrogen (secondary N) is 1. The molecule has 0 aliphatic rings. The van der Waals surface area contributed by atoms with Crippen LogP contribution in [0.4, 0.5) is 24.8 Å². The number of rotatable bonds is 5. The minimum absolute atomic E-state index is 0.0213. The van der Waals surface area contributed by atoms with E-state index in [1.165, 1.54) is 29.7 Å². The number of sulfonamides is 1. The number of halogens is 3. The molecule has 40 heavy (non-hydrogen) atoms. The Labute approximate surface area is 234 Å². The molecule has 2 heterocycles. The van der Waals surface area contributed by atoms with E-state index in [0.717, 1.165) is 36.8 Å². The van der Waals surface area contributed by atoms with Crippen molar-refractivity contribution in [3.63, 3.8) is 0 Å². The third-order valence-electron chi connectivity index (χ3n) is 4.86. The number of aromatic nitrogens is 3. The highest BCUT2D eigenvalue weighted by Crippen LogP contribution is 2.42. The van der Waals surface area contributed by atoms with E-state index in [1.54, 1.807) is 6.07 Å². The lowest BCUT2D eigenvalue weighted by Gasteiger charge is -2.14. The minimum atomic E-state index is -4.78. The fourth-order valence-electron chi connectivity index (χ4n) is 3.23. The molecule has 0 fully saturated rings. The number of hydrogen-bond acceptors (Lipinski definition) is 9. The first-order valence-electron chi connectivity index (χ1n) is 11.4. The summed E-state index contributed by atoms with van der Waals surface area (Å²) in [6, 6.07) is 8.20. The summed E-state index contributed by atoms with van der Waals surface area (Å²) < 4.78 is 90.5. The number of nitrogens with two attached hydrogens (primary N) is 1. The molecule has 0 radical (unpaired) electrons. The second-order valence-corrected chi connectivity index (χ2v) is 14.6. The van der Waals surface area contributed by atoms with Crippen molar-refractivity contribution in [3.05, 3.63) is 71.1 Å². The first-order valence-corrected chi connectivity index (χ1v) is 16.0. The number of nitrogens with zero attached hydrogens (tertiary/aromatic N) is 3. The van der Waals surface area contributed by atoms with Crippen LogP contribution in [0.5, 0.6) is 0 Å². The second kappa shape index (κ2) is 11.5. The van der Waals surface area contributed by atoms with Crippen molar-refractivity contribution in [2.24, 2.45) is 0 Å². The van der Waals surface area contributed by atoms with Crippen LogP contribution in [0.1, 0.15) is 25.8 Å². The van der Waals surface area contributed by atoms with Gasteiger partial charge in [0.1, 0.15) is 21.5 Å². The highest BCUT2D eigenvalue weighted by Gasteiger charge is 2.28. The Morgan fingerprint density at radius 2 is 1.48 bits per heavy atom. The molecule has 0 saturated heterocycles. The Hall–Kier alpha value is -3.56. The van der Waals surface area contributed by atoms with E-state index in [2.05, 4.69) is 15.0 Å². The smallest absolute Gasteiger partial charge is 0.267 e. The summed E-state index contributed by atoms with van der Waals surface area (Å²) in [6.45, 7) is 5.83. The van der Waals surface area contributed by atoms with Gasteiger partial charge in [-0.25, -0.2) is 45.0 Å². The zero-order valence-corrected chi connectivity index (χ0v) is 24.5. The molecule has 9 nitrogen and oxygen atoms in total. The minimum Gasteiger partial charge on any atom is -0.368 e. The highest BCUT2D eigenvalue weighted by atomic mass is 32.2. The third-order valence-corrected chi connectivity index (χ3v) is 7.78. The molecule has 15 heteroatoms. The maximum atomic E-state index is 15.7. The van der Waals surface area contributed by atoms with Gasteiger partial charge in [-0.15, -0.1) is 11.3 Å². The van der Waals surface area contributed by atoms with Gasteiger partial charge in [0, 0.05) is 29.7 Å². The summed E-state index contributed by atoms with van der Waals surface area (Å²) in [5, 5.41) is 0.679. The van der Waals surface area contributed by atoms with Crippen LogP contribution in [-0.2, 0) is 25.3 Å². The zero-order chi connectivity index (χ0) is 30.0. The lowest BCUT2D eigenvalue weighted by molar-refractivity contribution is 0.521. The molecule has 0 aliphatic carbocycles. The Kier molecular flexibility index (Phi) is 8.91. The Balaban J connectivity index is 0.000000810. The highest BCUT2D eigenvalue weighted by molar-refractivity contribution is 7.92. The Morgan fingerprint density at radius 3 is 2.02 bits per heavy atom. The zero-order valence-electron chi connectivity index (χ0n) is 22.0. The average molecular weight is 614 g/mol. The van der Waals surface area contributed by atoms with Gasteiger partial charge in [0.25, 0.3) is 10.0 Å². The quantitative estimate of drug-likeness (QED) is 0.319. The monoisotopic (exact) mass is 613 g/mol. The Bertz CT molecular complexity index is 1740. The molecule has 0 saturated carbocycles. The van der Waals surface area contributed by atoms with Gasteiger partial charge in [-0.3, -0.25) is 4.72 Å². The van der Waals surface area contributed by atoms with Crippen molar-refractivity contribution >= 4 is 42.8 Å². The van der Waals surface area contributed by atoms with Crippen LogP contribution in [0, 0.1) is 17.5 Å². The second-order valence-electron chi connectivity index (χ2n) is 9.71. The lowest BCUT2D eigenvalue weighted by Crippen LogP contribution is -2.17. The predicted octanol–water partition coefficient (Wildman–Crippen LogP) is 5.03. The van der Waals surface area contributed by atoms with E-state index in [9.17, 15) is 25.6 Å². The van der Waals surface area contributed by atoms with Crippen molar-refractivity contribution in [1.82, 2.24) is 15.0 Å². The Morgan fingerprint density at radius 1 is 0.900 bits per heavy atom. The average Bonchev–Trinajstić information content (AvgIpc) is 3.25. The fourth-order valence-corrected chi connectivity index (χ4v) is 5.53. The number of thiazole rings is 1.